The number of rotatable bonds is 4. The van der Waals surface area contributed by atoms with Crippen LogP contribution in [0.3, 0.4) is 0 Å². The van der Waals surface area contributed by atoms with E-state index in [4.69, 9.17) is 10.5 Å². The number of anilines is 1. The first-order chi connectivity index (χ1) is 12.7. The van der Waals surface area contributed by atoms with Crippen LogP contribution in [0.15, 0.2) is 48.5 Å². The summed E-state index contributed by atoms with van der Waals surface area (Å²) >= 11 is 0. The fourth-order valence-corrected chi connectivity index (χ4v) is 3.59. The van der Waals surface area contributed by atoms with E-state index in [1.807, 2.05) is 53.1 Å². The van der Waals surface area contributed by atoms with Gasteiger partial charge in [-0.1, -0.05) is 18.2 Å². The van der Waals surface area contributed by atoms with Gasteiger partial charge in [0, 0.05) is 18.0 Å². The molecular weight excluding hydrogens is 364 g/mol. The SMILES string of the molecule is COc1cccc(-n2c(NC(=O)C3CCC(N)C3)nc3ccccc32)c1.Cl. The largest absolute Gasteiger partial charge is 0.497 e. The molecule has 7 heteroatoms. The van der Waals surface area contributed by atoms with E-state index in [2.05, 4.69) is 10.3 Å². The third kappa shape index (κ3) is 3.77. The highest BCUT2D eigenvalue weighted by Crippen LogP contribution is 2.29. The quantitative estimate of drug-likeness (QED) is 0.718. The van der Waals surface area contributed by atoms with Crippen molar-refractivity contribution >= 4 is 35.3 Å². The third-order valence-corrected chi connectivity index (χ3v) is 4.95. The third-order valence-electron chi connectivity index (χ3n) is 4.95. The first-order valence-electron chi connectivity index (χ1n) is 8.84. The van der Waals surface area contributed by atoms with Crippen molar-refractivity contribution in [2.75, 3.05) is 12.4 Å². The Bertz CT molecular complexity index is 956. The van der Waals surface area contributed by atoms with Gasteiger partial charge in [0.25, 0.3) is 0 Å². The molecule has 2 aromatic carbocycles. The monoisotopic (exact) mass is 386 g/mol. The van der Waals surface area contributed by atoms with E-state index >= 15 is 0 Å². The molecule has 2 atom stereocenters. The summed E-state index contributed by atoms with van der Waals surface area (Å²) in [6, 6.07) is 15.6. The van der Waals surface area contributed by atoms with Crippen LogP contribution >= 0.6 is 12.4 Å². The molecule has 142 valence electrons. The number of nitrogens with one attached hydrogen (secondary N) is 1. The van der Waals surface area contributed by atoms with Gasteiger partial charge < -0.3 is 10.5 Å². The zero-order valence-corrected chi connectivity index (χ0v) is 15.9. The van der Waals surface area contributed by atoms with Crippen LogP contribution in [-0.2, 0) is 4.79 Å². The highest BCUT2D eigenvalue weighted by Gasteiger charge is 2.29. The van der Waals surface area contributed by atoms with Crippen molar-refractivity contribution in [2.24, 2.45) is 11.7 Å². The molecule has 1 saturated carbocycles. The molecule has 3 N–H and O–H groups in total. The standard InChI is InChI=1S/C20H22N4O2.ClH/c1-26-16-6-4-5-15(12-16)24-18-8-3-2-7-17(18)22-20(24)23-19(25)13-9-10-14(21)11-13;/h2-8,12-14H,9-11,21H2,1H3,(H,22,23,25);1H. The Morgan fingerprint density at radius 2 is 2.04 bits per heavy atom. The molecule has 0 bridgehead atoms. The zero-order valence-electron chi connectivity index (χ0n) is 15.1. The van der Waals surface area contributed by atoms with Gasteiger partial charge in [-0.3, -0.25) is 14.7 Å². The van der Waals surface area contributed by atoms with Gasteiger partial charge in [0.15, 0.2) is 0 Å². The van der Waals surface area contributed by atoms with E-state index in [0.717, 1.165) is 41.7 Å². The molecule has 3 aromatic rings. The molecule has 27 heavy (non-hydrogen) atoms. The summed E-state index contributed by atoms with van der Waals surface area (Å²) in [5, 5.41) is 3.01. The molecule has 1 aliphatic rings. The lowest BCUT2D eigenvalue weighted by atomic mass is 10.1. The number of amides is 1. The van der Waals surface area contributed by atoms with Crippen LogP contribution in [0.25, 0.3) is 16.7 Å². The number of halogens is 1. The number of nitrogens with two attached hydrogens (primary N) is 1. The Morgan fingerprint density at radius 1 is 1.22 bits per heavy atom. The minimum Gasteiger partial charge on any atom is -0.497 e. The average Bonchev–Trinajstić information content (AvgIpc) is 3.25. The van der Waals surface area contributed by atoms with Gasteiger partial charge in [-0.25, -0.2) is 4.98 Å². The number of nitrogens with zero attached hydrogens (tertiary/aromatic N) is 2. The number of fused-ring (bicyclic) bond motifs is 1. The maximum atomic E-state index is 12.7. The average molecular weight is 387 g/mol. The summed E-state index contributed by atoms with van der Waals surface area (Å²) in [5.41, 5.74) is 8.60. The highest BCUT2D eigenvalue weighted by molar-refractivity contribution is 5.94. The lowest BCUT2D eigenvalue weighted by molar-refractivity contribution is -0.119. The molecule has 0 spiro atoms. The van der Waals surface area contributed by atoms with E-state index in [-0.39, 0.29) is 30.3 Å². The van der Waals surface area contributed by atoms with Crippen molar-refractivity contribution in [2.45, 2.75) is 25.3 Å². The fraction of sp³-hybridized carbons (Fsp3) is 0.300. The first-order valence-corrected chi connectivity index (χ1v) is 8.84. The molecule has 1 aromatic heterocycles. The van der Waals surface area contributed by atoms with Crippen LogP contribution in [0, 0.1) is 5.92 Å². The summed E-state index contributed by atoms with van der Waals surface area (Å²) in [4.78, 5) is 17.3. The van der Waals surface area contributed by atoms with Gasteiger partial charge >= 0.3 is 0 Å². The molecule has 0 saturated heterocycles. The summed E-state index contributed by atoms with van der Waals surface area (Å²) in [5.74, 6) is 1.20. The van der Waals surface area contributed by atoms with Gasteiger partial charge in [-0.05, 0) is 43.5 Å². The number of para-hydroxylation sites is 2. The molecule has 6 nitrogen and oxygen atoms in total. The maximum Gasteiger partial charge on any atom is 0.229 e. The highest BCUT2D eigenvalue weighted by atomic mass is 35.5. The number of imidazole rings is 1. The Kier molecular flexibility index (Phi) is 5.68. The molecule has 4 rings (SSSR count). The normalized spacial score (nSPS) is 18.9. The Morgan fingerprint density at radius 3 is 2.78 bits per heavy atom. The maximum absolute atomic E-state index is 12.7. The van der Waals surface area contributed by atoms with E-state index in [1.54, 1.807) is 7.11 Å². The Hall–Kier alpha value is -2.57. The first kappa shape index (κ1) is 19.2. The molecule has 1 amide bonds. The second kappa shape index (κ2) is 7.98. The number of hydrogen-bond acceptors (Lipinski definition) is 4. The Labute approximate surface area is 164 Å². The number of carbonyl (C=O) groups excluding carboxylic acids is 1. The number of ether oxygens (including phenoxy) is 1. The van der Waals surface area contributed by atoms with Crippen LogP contribution < -0.4 is 15.8 Å². The van der Waals surface area contributed by atoms with E-state index < -0.39 is 0 Å². The zero-order chi connectivity index (χ0) is 18.1. The molecule has 1 heterocycles. The molecule has 1 fully saturated rings. The van der Waals surface area contributed by atoms with Crippen molar-refractivity contribution < 1.29 is 9.53 Å². The minimum atomic E-state index is -0.0522. The van der Waals surface area contributed by atoms with Crippen LogP contribution in [0.1, 0.15) is 19.3 Å². The van der Waals surface area contributed by atoms with E-state index in [0.29, 0.717) is 5.95 Å². The van der Waals surface area contributed by atoms with Crippen LogP contribution in [-0.4, -0.2) is 28.6 Å². The van der Waals surface area contributed by atoms with Crippen molar-refractivity contribution in [3.63, 3.8) is 0 Å². The van der Waals surface area contributed by atoms with Crippen molar-refractivity contribution in [1.29, 1.82) is 0 Å². The molecule has 1 aliphatic carbocycles. The summed E-state index contributed by atoms with van der Waals surface area (Å²) < 4.78 is 7.29. The molecule has 0 radical (unpaired) electrons. The molecule has 0 aliphatic heterocycles. The summed E-state index contributed by atoms with van der Waals surface area (Å²) in [6.07, 6.45) is 2.45. The lowest BCUT2D eigenvalue weighted by Gasteiger charge is -2.13. The molecule has 2 unspecified atom stereocenters. The van der Waals surface area contributed by atoms with E-state index in [9.17, 15) is 4.79 Å². The second-order valence-electron chi connectivity index (χ2n) is 6.72. The number of methoxy groups -OCH3 is 1. The fourth-order valence-electron chi connectivity index (χ4n) is 3.59. The Balaban J connectivity index is 0.00000210. The van der Waals surface area contributed by atoms with Crippen LogP contribution in [0.2, 0.25) is 0 Å². The van der Waals surface area contributed by atoms with E-state index in [1.165, 1.54) is 0 Å². The van der Waals surface area contributed by atoms with Gasteiger partial charge in [0.2, 0.25) is 11.9 Å². The topological polar surface area (TPSA) is 82.2 Å². The second-order valence-corrected chi connectivity index (χ2v) is 6.72. The van der Waals surface area contributed by atoms with Crippen LogP contribution in [0.5, 0.6) is 5.75 Å². The van der Waals surface area contributed by atoms with Gasteiger partial charge in [-0.15, -0.1) is 12.4 Å². The van der Waals surface area contributed by atoms with Crippen molar-refractivity contribution in [1.82, 2.24) is 9.55 Å². The van der Waals surface area contributed by atoms with Gasteiger partial charge in [0.1, 0.15) is 5.75 Å². The number of hydrogen-bond donors (Lipinski definition) is 2. The summed E-state index contributed by atoms with van der Waals surface area (Å²) in [6.45, 7) is 0. The van der Waals surface area contributed by atoms with Crippen LogP contribution in [0.4, 0.5) is 5.95 Å². The van der Waals surface area contributed by atoms with Gasteiger partial charge in [0.05, 0.1) is 23.8 Å². The van der Waals surface area contributed by atoms with Crippen molar-refractivity contribution in [3.05, 3.63) is 48.5 Å². The summed E-state index contributed by atoms with van der Waals surface area (Å²) in [7, 11) is 1.64. The molecular formula is C20H23ClN4O2. The number of aromatic nitrogens is 2. The van der Waals surface area contributed by atoms with Gasteiger partial charge in [-0.2, -0.15) is 0 Å². The lowest BCUT2D eigenvalue weighted by Crippen LogP contribution is -2.24. The predicted octanol–water partition coefficient (Wildman–Crippen LogP) is 3.52. The minimum absolute atomic E-state index is 0. The van der Waals surface area contributed by atoms with Crippen molar-refractivity contribution in [3.8, 4) is 11.4 Å². The predicted molar refractivity (Wildman–Crippen MR) is 109 cm³/mol. The number of carbonyl (C=O) groups is 1. The number of benzene rings is 2. The smallest absolute Gasteiger partial charge is 0.229 e.